The highest BCUT2D eigenvalue weighted by atomic mass is 32.5. The molecule has 11 aliphatic rings. The second-order valence-electron chi connectivity index (χ2n) is 20.1. The van der Waals surface area contributed by atoms with Gasteiger partial charge >= 0.3 is 6.72 Å². The number of hydrogen-bond acceptors (Lipinski definition) is 12. The van der Waals surface area contributed by atoms with E-state index < -0.39 is 42.1 Å². The van der Waals surface area contributed by atoms with Gasteiger partial charge in [-0.25, -0.2) is 19.6 Å². The Hall–Kier alpha value is -1.67. The lowest BCUT2D eigenvalue weighted by Gasteiger charge is -2.61. The average Bonchev–Trinajstić information content (AvgIpc) is 3.64. The molecule has 16 atom stereocenters. The molecular weight excluding hydrogens is 792 g/mol. The molecule has 0 radical (unpaired) electrons. The monoisotopic (exact) mass is 852 g/mol. The average molecular weight is 853 g/mol. The molecule has 2 aliphatic carbocycles. The van der Waals surface area contributed by atoms with E-state index in [9.17, 15) is 0 Å². The fourth-order valence-electron chi connectivity index (χ4n) is 13.4. The molecule has 2 aromatic carbocycles. The minimum absolute atomic E-state index is 0.0400. The summed E-state index contributed by atoms with van der Waals surface area (Å²) in [6.07, 6.45) is 8.01. The predicted octanol–water partition coefficient (Wildman–Crippen LogP) is 10.3. The SMILES string of the molecule is C[C@H]1[C@@H](CC(COP2(=S)Oc3ccccc3-c3ccccc3O2)C[C@H]2O[C@@H]3O[C@]4(C)CC[C@H]5[C@H](C)CC[C@@H]([C@H]2C)[C@@]35OO4)O[C@@H]2O[C@]3(C)CC[C@H]4[C@H](C)CC[C@@H]1[C@@]24OO3. The summed E-state index contributed by atoms with van der Waals surface area (Å²) in [5.74, 6) is 1.96. The first kappa shape index (κ1) is 40.1. The number of hydrogen-bond donors (Lipinski definition) is 0. The van der Waals surface area contributed by atoms with E-state index in [0.29, 0.717) is 54.6 Å². The maximum atomic E-state index is 7.20. The summed E-state index contributed by atoms with van der Waals surface area (Å²) in [5.41, 5.74) is 0.601. The number of ether oxygens (including phenoxy) is 4. The summed E-state index contributed by atoms with van der Waals surface area (Å²) < 4.78 is 48.1. The van der Waals surface area contributed by atoms with Crippen molar-refractivity contribution in [2.75, 3.05) is 6.61 Å². The van der Waals surface area contributed by atoms with Crippen LogP contribution in [0.3, 0.4) is 0 Å². The molecule has 0 amide bonds. The van der Waals surface area contributed by atoms with Crippen LogP contribution in [0.5, 0.6) is 11.5 Å². The van der Waals surface area contributed by atoms with Gasteiger partial charge in [0.15, 0.2) is 23.8 Å². The van der Waals surface area contributed by atoms with E-state index in [1.165, 1.54) is 0 Å². The highest BCUT2D eigenvalue weighted by Crippen LogP contribution is 2.64. The van der Waals surface area contributed by atoms with Crippen molar-refractivity contribution in [3.8, 4) is 22.6 Å². The molecule has 11 nitrogen and oxygen atoms in total. The van der Waals surface area contributed by atoms with Crippen molar-refractivity contribution < 1.29 is 52.1 Å². The van der Waals surface area contributed by atoms with E-state index in [1.807, 2.05) is 62.4 Å². The lowest BCUT2D eigenvalue weighted by atomic mass is 9.56. The summed E-state index contributed by atoms with van der Waals surface area (Å²) in [7, 11) is 0. The second-order valence-corrected chi connectivity index (χ2v) is 23.0. The summed E-state index contributed by atoms with van der Waals surface area (Å²) in [5, 5.41) is 0. The van der Waals surface area contributed by atoms with Gasteiger partial charge in [-0.2, -0.15) is 0 Å². The van der Waals surface area contributed by atoms with E-state index in [0.717, 1.165) is 62.5 Å². The minimum Gasteiger partial charge on any atom is -0.415 e. The highest BCUT2D eigenvalue weighted by Gasteiger charge is 2.71. The van der Waals surface area contributed by atoms with Gasteiger partial charge in [-0.1, -0.05) is 64.1 Å². The molecule has 2 spiro atoms. The molecule has 59 heavy (non-hydrogen) atoms. The van der Waals surface area contributed by atoms with Crippen LogP contribution in [0.25, 0.3) is 11.1 Å². The van der Waals surface area contributed by atoms with E-state index in [1.54, 1.807) is 0 Å². The fourth-order valence-corrected chi connectivity index (χ4v) is 15.4. The first-order valence-corrected chi connectivity index (χ1v) is 25.1. The Labute approximate surface area is 353 Å². The second kappa shape index (κ2) is 14.4. The Morgan fingerprint density at radius 2 is 1.08 bits per heavy atom. The Morgan fingerprint density at radius 3 is 1.56 bits per heavy atom. The number of para-hydroxylation sites is 2. The molecule has 0 unspecified atom stereocenters. The quantitative estimate of drug-likeness (QED) is 0.196. The van der Waals surface area contributed by atoms with Gasteiger partial charge < -0.3 is 28.0 Å². The van der Waals surface area contributed by atoms with Crippen LogP contribution in [0.1, 0.15) is 106 Å². The molecule has 9 heterocycles. The van der Waals surface area contributed by atoms with Gasteiger partial charge in [0, 0.05) is 47.6 Å². The molecule has 0 aromatic heterocycles. The zero-order chi connectivity index (χ0) is 40.5. The van der Waals surface area contributed by atoms with Crippen LogP contribution in [0, 0.1) is 53.3 Å². The first-order chi connectivity index (χ1) is 28.3. The van der Waals surface area contributed by atoms with E-state index >= 15 is 0 Å². The Morgan fingerprint density at radius 1 is 0.627 bits per heavy atom. The molecule has 9 aliphatic heterocycles. The van der Waals surface area contributed by atoms with Crippen LogP contribution in [0.4, 0.5) is 0 Å². The van der Waals surface area contributed by atoms with Gasteiger partial charge in [0.2, 0.25) is 11.6 Å². The zero-order valence-corrected chi connectivity index (χ0v) is 37.0. The van der Waals surface area contributed by atoms with Crippen molar-refractivity contribution in [3.05, 3.63) is 48.5 Å². The maximum Gasteiger partial charge on any atom is 0.435 e. The molecule has 13 rings (SSSR count). The Bertz CT molecular complexity index is 1860. The molecule has 2 saturated carbocycles. The molecule has 10 fully saturated rings. The molecule has 4 bridgehead atoms. The third-order valence-corrected chi connectivity index (χ3v) is 18.7. The van der Waals surface area contributed by atoms with Crippen molar-refractivity contribution in [2.45, 2.75) is 153 Å². The molecule has 8 saturated heterocycles. The van der Waals surface area contributed by atoms with Crippen LogP contribution >= 0.6 is 6.72 Å². The smallest absolute Gasteiger partial charge is 0.415 e. The summed E-state index contributed by atoms with van der Waals surface area (Å²) >= 11 is 6.26. The van der Waals surface area contributed by atoms with Crippen LogP contribution in [-0.2, 0) is 54.8 Å². The van der Waals surface area contributed by atoms with Crippen molar-refractivity contribution in [1.82, 2.24) is 0 Å². The topological polar surface area (TPSA) is 102 Å². The van der Waals surface area contributed by atoms with Gasteiger partial charge in [-0.15, -0.1) is 0 Å². The summed E-state index contributed by atoms with van der Waals surface area (Å²) in [6.45, 7) is 10.3. The van der Waals surface area contributed by atoms with Crippen molar-refractivity contribution >= 4 is 18.5 Å². The summed E-state index contributed by atoms with van der Waals surface area (Å²) in [6, 6.07) is 15.9. The van der Waals surface area contributed by atoms with Gasteiger partial charge in [-0.3, -0.25) is 4.52 Å². The maximum absolute atomic E-state index is 7.20. The van der Waals surface area contributed by atoms with Gasteiger partial charge in [-0.05, 0) is 119 Å². The van der Waals surface area contributed by atoms with Crippen molar-refractivity contribution in [2.24, 2.45) is 53.3 Å². The molecule has 13 heteroatoms. The van der Waals surface area contributed by atoms with E-state index in [2.05, 4.69) is 27.7 Å². The first-order valence-electron chi connectivity index (χ1n) is 22.5. The van der Waals surface area contributed by atoms with E-state index in [4.69, 9.17) is 63.9 Å². The molecule has 2 aromatic rings. The Balaban J connectivity index is 0.913. The fraction of sp³-hybridized carbons (Fsp3) is 0.739. The van der Waals surface area contributed by atoms with Crippen LogP contribution in [-0.4, -0.2) is 54.2 Å². The van der Waals surface area contributed by atoms with Crippen LogP contribution < -0.4 is 9.05 Å². The molecule has 322 valence electrons. The van der Waals surface area contributed by atoms with Gasteiger partial charge in [0.25, 0.3) is 0 Å². The largest absolute Gasteiger partial charge is 0.435 e. The lowest BCUT2D eigenvalue weighted by Crippen LogP contribution is -2.70. The van der Waals surface area contributed by atoms with Crippen molar-refractivity contribution in [1.29, 1.82) is 0 Å². The lowest BCUT2D eigenvalue weighted by molar-refractivity contribution is -0.571. The van der Waals surface area contributed by atoms with Gasteiger partial charge in [0.05, 0.1) is 18.8 Å². The normalized spacial score (nSPS) is 48.0. The predicted molar refractivity (Wildman–Crippen MR) is 220 cm³/mol. The number of fused-ring (bicyclic) bond motifs is 7. The van der Waals surface area contributed by atoms with Crippen molar-refractivity contribution in [3.63, 3.8) is 0 Å². The molecule has 0 N–H and O–H groups in total. The zero-order valence-electron chi connectivity index (χ0n) is 35.2. The standard InChI is InChI=1S/C46H61O11PS/c1-26-15-17-35-28(3)39(48-41-45(35)33(26)19-21-43(5,50-41)54-56-45)23-30(25-47-58(59)52-37-13-9-7-11-31(37)32-12-8-10-14-38(32)53-58)24-40-29(4)36-18-16-27(2)34-20-22-44(6)51-42(49-40)46(34,36)57-55-44/h7-14,26-30,33-36,39-42H,15-25H2,1-6H3/t26-,27-,28-,29-,33+,34+,35+,36+,39-,40-,41-,42-,43+,44+,45-,46-/m1/s1. The van der Waals surface area contributed by atoms with E-state index in [-0.39, 0.29) is 41.8 Å². The Kier molecular flexibility index (Phi) is 9.81. The van der Waals surface area contributed by atoms with Gasteiger partial charge in [0.1, 0.15) is 11.5 Å². The summed E-state index contributed by atoms with van der Waals surface area (Å²) in [4.78, 5) is 25.3. The van der Waals surface area contributed by atoms with Crippen LogP contribution in [0.15, 0.2) is 48.5 Å². The highest BCUT2D eigenvalue weighted by molar-refractivity contribution is 8.07. The third-order valence-electron chi connectivity index (χ3n) is 16.7. The number of rotatable bonds is 7. The minimum atomic E-state index is -3.33. The number of benzene rings is 2. The third kappa shape index (κ3) is 6.31. The molecular formula is C46H61O11PS. The van der Waals surface area contributed by atoms with Crippen LogP contribution in [0.2, 0.25) is 0 Å².